The van der Waals surface area contributed by atoms with Crippen molar-refractivity contribution in [3.63, 3.8) is 0 Å². The van der Waals surface area contributed by atoms with Crippen LogP contribution in [0.15, 0.2) is 29.2 Å². The highest BCUT2D eigenvalue weighted by atomic mass is 19.1. The fourth-order valence-corrected chi connectivity index (χ4v) is 6.08. The average molecular weight is 540 g/mol. The standard InChI is InChI=1S/C26H34FN9O3/c1-26(2)13-17(11-18-5-4-9-35(18)26)29-23-20(27)14-28-24(31-23)30-16-6-7-22(39-19-8-10-38-15-19)21(12-16)36-25(37)34(3)32-33-36/h6-7,12,14,17-19H,4-5,8-11,13,15H2,1-3H3,(H2,28,29,30,31)/t17?,18?,19-/m1/s1. The molecule has 0 amide bonds. The molecule has 0 spiro atoms. The number of hydrogen-bond acceptors (Lipinski definition) is 10. The van der Waals surface area contributed by atoms with Gasteiger partial charge in [-0.25, -0.2) is 14.2 Å². The van der Waals surface area contributed by atoms with Gasteiger partial charge in [-0.3, -0.25) is 4.90 Å². The van der Waals surface area contributed by atoms with E-state index in [1.807, 2.05) is 0 Å². The Bertz CT molecular complexity index is 1400. The first-order valence-corrected chi connectivity index (χ1v) is 13.5. The fraction of sp³-hybridized carbons (Fsp3) is 0.577. The number of nitrogens with zero attached hydrogens (tertiary/aromatic N) is 7. The van der Waals surface area contributed by atoms with E-state index in [-0.39, 0.29) is 29.5 Å². The SMILES string of the molecule is Cn1nnn(-c2cc(Nc3ncc(F)c(NC4CC5CCCN5C(C)(C)C4)n3)ccc2O[C@@H]2CCOC2)c1=O. The van der Waals surface area contributed by atoms with E-state index in [1.165, 1.54) is 30.8 Å². The van der Waals surface area contributed by atoms with Crippen molar-refractivity contribution < 1.29 is 13.9 Å². The van der Waals surface area contributed by atoms with Crippen LogP contribution in [0.4, 0.5) is 21.8 Å². The molecule has 5 heterocycles. The molecule has 0 bridgehead atoms. The number of aromatic nitrogens is 6. The molecule has 3 atom stereocenters. The Morgan fingerprint density at radius 2 is 2.10 bits per heavy atom. The Hall–Kier alpha value is -3.58. The normalized spacial score (nSPS) is 24.5. The van der Waals surface area contributed by atoms with Crippen LogP contribution >= 0.6 is 0 Å². The molecule has 12 nitrogen and oxygen atoms in total. The second-order valence-corrected chi connectivity index (χ2v) is 11.2. The Morgan fingerprint density at radius 3 is 2.87 bits per heavy atom. The summed E-state index contributed by atoms with van der Waals surface area (Å²) in [6.45, 7) is 6.75. The van der Waals surface area contributed by atoms with Crippen LogP contribution in [0.3, 0.4) is 0 Å². The van der Waals surface area contributed by atoms with Crippen molar-refractivity contribution in [2.45, 2.75) is 69.7 Å². The summed E-state index contributed by atoms with van der Waals surface area (Å²) in [7, 11) is 1.53. The predicted molar refractivity (Wildman–Crippen MR) is 142 cm³/mol. The summed E-state index contributed by atoms with van der Waals surface area (Å²) >= 11 is 0. The molecule has 2 aromatic heterocycles. The van der Waals surface area contributed by atoms with Crippen molar-refractivity contribution in [1.29, 1.82) is 0 Å². The molecule has 208 valence electrons. The summed E-state index contributed by atoms with van der Waals surface area (Å²) in [5.41, 5.74) is 0.622. The summed E-state index contributed by atoms with van der Waals surface area (Å²) in [4.78, 5) is 23.8. The Morgan fingerprint density at radius 1 is 1.23 bits per heavy atom. The molecular weight excluding hydrogens is 505 g/mol. The summed E-state index contributed by atoms with van der Waals surface area (Å²) in [6, 6.07) is 5.86. The molecule has 3 aromatic rings. The first kappa shape index (κ1) is 25.7. The van der Waals surface area contributed by atoms with E-state index >= 15 is 0 Å². The van der Waals surface area contributed by atoms with Crippen LogP contribution in [0.25, 0.3) is 5.69 Å². The van der Waals surface area contributed by atoms with Crippen molar-refractivity contribution in [1.82, 2.24) is 34.7 Å². The third-order valence-corrected chi connectivity index (χ3v) is 7.89. The third kappa shape index (κ3) is 5.20. The molecule has 6 rings (SSSR count). The second kappa shape index (κ2) is 10.2. The minimum Gasteiger partial charge on any atom is -0.486 e. The number of fused-ring (bicyclic) bond motifs is 1. The smallest absolute Gasteiger partial charge is 0.368 e. The second-order valence-electron chi connectivity index (χ2n) is 11.2. The van der Waals surface area contributed by atoms with Gasteiger partial charge < -0.3 is 20.1 Å². The minimum atomic E-state index is -0.499. The molecule has 3 aliphatic heterocycles. The maximum absolute atomic E-state index is 14.8. The molecule has 1 aromatic carbocycles. The number of benzene rings is 1. The summed E-state index contributed by atoms with van der Waals surface area (Å²) in [5, 5.41) is 14.3. The Balaban J connectivity index is 1.24. The van der Waals surface area contributed by atoms with Gasteiger partial charge in [0.25, 0.3) is 0 Å². The topological polar surface area (TPSA) is 124 Å². The van der Waals surface area contributed by atoms with Gasteiger partial charge in [-0.2, -0.15) is 14.3 Å². The van der Waals surface area contributed by atoms with Crippen LogP contribution in [0, 0.1) is 5.82 Å². The predicted octanol–water partition coefficient (Wildman–Crippen LogP) is 2.62. The molecule has 3 aliphatic rings. The molecular formula is C26H34FN9O3. The maximum atomic E-state index is 14.8. The molecule has 0 saturated carbocycles. The van der Waals surface area contributed by atoms with Crippen LogP contribution in [0.5, 0.6) is 5.75 Å². The number of ether oxygens (including phenoxy) is 2. The highest BCUT2D eigenvalue weighted by Gasteiger charge is 2.43. The first-order valence-electron chi connectivity index (χ1n) is 13.5. The van der Waals surface area contributed by atoms with E-state index in [9.17, 15) is 9.18 Å². The molecule has 0 radical (unpaired) electrons. The van der Waals surface area contributed by atoms with Crippen molar-refractivity contribution in [2.24, 2.45) is 7.05 Å². The minimum absolute atomic E-state index is 0.0466. The van der Waals surface area contributed by atoms with Gasteiger partial charge in [0.15, 0.2) is 11.6 Å². The monoisotopic (exact) mass is 539 g/mol. The molecule has 3 saturated heterocycles. The van der Waals surface area contributed by atoms with Crippen molar-refractivity contribution in [2.75, 3.05) is 30.4 Å². The van der Waals surface area contributed by atoms with Crippen molar-refractivity contribution in [3.05, 3.63) is 40.7 Å². The van der Waals surface area contributed by atoms with Gasteiger partial charge in [-0.15, -0.1) is 0 Å². The Labute approximate surface area is 225 Å². The number of hydrogen-bond donors (Lipinski definition) is 2. The quantitative estimate of drug-likeness (QED) is 0.463. The van der Waals surface area contributed by atoms with E-state index in [0.717, 1.165) is 30.5 Å². The number of aryl methyl sites for hydroxylation is 1. The van der Waals surface area contributed by atoms with Gasteiger partial charge in [0.05, 0.1) is 19.4 Å². The van der Waals surface area contributed by atoms with Gasteiger partial charge in [0.2, 0.25) is 5.95 Å². The lowest BCUT2D eigenvalue weighted by atomic mass is 9.84. The number of nitrogens with one attached hydrogen (secondary N) is 2. The zero-order chi connectivity index (χ0) is 27.1. The fourth-order valence-electron chi connectivity index (χ4n) is 6.08. The molecule has 3 fully saturated rings. The Kier molecular flexibility index (Phi) is 6.71. The largest absolute Gasteiger partial charge is 0.486 e. The lowest BCUT2D eigenvalue weighted by Crippen LogP contribution is -2.55. The van der Waals surface area contributed by atoms with E-state index in [0.29, 0.717) is 36.4 Å². The van der Waals surface area contributed by atoms with Crippen LogP contribution in [-0.4, -0.2) is 78.1 Å². The van der Waals surface area contributed by atoms with Crippen molar-refractivity contribution in [3.8, 4) is 11.4 Å². The van der Waals surface area contributed by atoms with Crippen LogP contribution in [0.2, 0.25) is 0 Å². The summed E-state index contributed by atoms with van der Waals surface area (Å²) < 4.78 is 28.6. The molecule has 13 heteroatoms. The zero-order valence-electron chi connectivity index (χ0n) is 22.4. The summed E-state index contributed by atoms with van der Waals surface area (Å²) in [5.74, 6) is 0.376. The van der Waals surface area contributed by atoms with Crippen molar-refractivity contribution >= 4 is 17.5 Å². The van der Waals surface area contributed by atoms with Gasteiger partial charge in [-0.1, -0.05) is 0 Å². The number of anilines is 3. The third-order valence-electron chi connectivity index (χ3n) is 7.89. The maximum Gasteiger partial charge on any atom is 0.368 e. The highest BCUT2D eigenvalue weighted by Crippen LogP contribution is 2.38. The van der Waals surface area contributed by atoms with Gasteiger partial charge in [0.1, 0.15) is 17.5 Å². The lowest BCUT2D eigenvalue weighted by molar-refractivity contribution is 0.0500. The summed E-state index contributed by atoms with van der Waals surface area (Å²) in [6.07, 6.45) is 6.04. The van der Waals surface area contributed by atoms with Crippen LogP contribution in [0.1, 0.15) is 46.0 Å². The van der Waals surface area contributed by atoms with E-state index in [1.54, 1.807) is 18.2 Å². The molecule has 2 N–H and O–H groups in total. The zero-order valence-corrected chi connectivity index (χ0v) is 22.4. The molecule has 2 unspecified atom stereocenters. The van der Waals surface area contributed by atoms with Gasteiger partial charge in [-0.05, 0) is 74.7 Å². The first-order chi connectivity index (χ1) is 18.8. The van der Waals surface area contributed by atoms with E-state index in [2.05, 4.69) is 49.8 Å². The van der Waals surface area contributed by atoms with E-state index in [4.69, 9.17) is 9.47 Å². The number of rotatable bonds is 7. The van der Waals surface area contributed by atoms with E-state index < -0.39 is 11.5 Å². The highest BCUT2D eigenvalue weighted by molar-refractivity contribution is 5.62. The lowest BCUT2D eigenvalue weighted by Gasteiger charge is -2.47. The average Bonchev–Trinajstić information content (AvgIpc) is 3.65. The molecule has 39 heavy (non-hydrogen) atoms. The van der Waals surface area contributed by atoms with Crippen LogP contribution < -0.4 is 21.1 Å². The molecule has 0 aliphatic carbocycles. The van der Waals surface area contributed by atoms with Gasteiger partial charge >= 0.3 is 5.69 Å². The van der Waals surface area contributed by atoms with Crippen LogP contribution in [-0.2, 0) is 11.8 Å². The number of tetrazole rings is 1. The van der Waals surface area contributed by atoms with Gasteiger partial charge in [0, 0.05) is 36.8 Å². The number of piperidine rings is 1. The number of halogens is 1.